The van der Waals surface area contributed by atoms with Gasteiger partial charge in [0.25, 0.3) is 0 Å². The van der Waals surface area contributed by atoms with Crippen LogP contribution in [0.5, 0.6) is 0 Å². The van der Waals surface area contributed by atoms with Crippen molar-refractivity contribution in [2.24, 2.45) is 5.73 Å². The normalized spacial score (nSPS) is 24.6. The molecule has 1 fully saturated rings. The highest BCUT2D eigenvalue weighted by atomic mass is 127. The van der Waals surface area contributed by atoms with Gasteiger partial charge in [-0.05, 0) is 55.2 Å². The molecule has 1 aromatic heterocycles. The molecule has 17 heavy (non-hydrogen) atoms. The van der Waals surface area contributed by atoms with Crippen LogP contribution in [-0.2, 0) is 0 Å². The molecule has 1 saturated carbocycles. The van der Waals surface area contributed by atoms with Gasteiger partial charge in [-0.25, -0.2) is 9.97 Å². The van der Waals surface area contributed by atoms with Crippen molar-refractivity contribution in [2.45, 2.75) is 44.7 Å². The maximum absolute atomic E-state index is 5.96. The molecule has 1 aliphatic rings. The van der Waals surface area contributed by atoms with E-state index >= 15 is 0 Å². The molecule has 1 aromatic rings. The molecule has 0 atom stereocenters. The molecular formula is C12H19IN4. The third kappa shape index (κ3) is 3.07. The second kappa shape index (κ2) is 5.95. The lowest BCUT2D eigenvalue weighted by molar-refractivity contribution is 0.376. The van der Waals surface area contributed by atoms with Crippen LogP contribution in [0.15, 0.2) is 12.5 Å². The molecule has 0 saturated heterocycles. The fraction of sp³-hybridized carbons (Fsp3) is 0.667. The van der Waals surface area contributed by atoms with Crippen molar-refractivity contribution >= 4 is 28.4 Å². The summed E-state index contributed by atoms with van der Waals surface area (Å²) in [6, 6.07) is 0.984. The van der Waals surface area contributed by atoms with E-state index in [1.165, 1.54) is 12.8 Å². The van der Waals surface area contributed by atoms with Crippen LogP contribution < -0.4 is 10.6 Å². The Morgan fingerprint density at radius 3 is 2.71 bits per heavy atom. The van der Waals surface area contributed by atoms with Crippen molar-refractivity contribution < 1.29 is 0 Å². The highest BCUT2D eigenvalue weighted by molar-refractivity contribution is 14.1. The lowest BCUT2D eigenvalue weighted by Gasteiger charge is -2.36. The van der Waals surface area contributed by atoms with E-state index in [1.54, 1.807) is 6.33 Å². The molecule has 1 heterocycles. The van der Waals surface area contributed by atoms with Crippen molar-refractivity contribution in [3.05, 3.63) is 16.1 Å². The van der Waals surface area contributed by atoms with Gasteiger partial charge in [0.05, 0.1) is 3.57 Å². The first-order chi connectivity index (χ1) is 8.22. The van der Waals surface area contributed by atoms with Gasteiger partial charge in [0.1, 0.15) is 12.1 Å². The molecule has 5 heteroatoms. The van der Waals surface area contributed by atoms with E-state index in [-0.39, 0.29) is 0 Å². The third-order valence-electron chi connectivity index (χ3n) is 3.44. The zero-order valence-electron chi connectivity index (χ0n) is 10.1. The molecule has 94 valence electrons. The SMILES string of the molecule is CCN(c1ncncc1I)C1CCC(N)CC1. The van der Waals surface area contributed by atoms with Crippen LogP contribution in [0.25, 0.3) is 0 Å². The zero-order chi connectivity index (χ0) is 12.3. The van der Waals surface area contributed by atoms with Gasteiger partial charge >= 0.3 is 0 Å². The molecule has 1 aliphatic carbocycles. The van der Waals surface area contributed by atoms with Crippen molar-refractivity contribution in [1.29, 1.82) is 0 Å². The molecule has 4 nitrogen and oxygen atoms in total. The van der Waals surface area contributed by atoms with E-state index in [0.29, 0.717) is 12.1 Å². The fourth-order valence-electron chi connectivity index (χ4n) is 2.51. The summed E-state index contributed by atoms with van der Waals surface area (Å²) >= 11 is 2.31. The van der Waals surface area contributed by atoms with E-state index in [0.717, 1.165) is 28.8 Å². The lowest BCUT2D eigenvalue weighted by Crippen LogP contribution is -2.41. The fourth-order valence-corrected chi connectivity index (χ4v) is 3.12. The summed E-state index contributed by atoms with van der Waals surface area (Å²) in [5.41, 5.74) is 5.96. The van der Waals surface area contributed by atoms with E-state index < -0.39 is 0 Å². The molecule has 2 rings (SSSR count). The van der Waals surface area contributed by atoms with Crippen molar-refractivity contribution in [3.63, 3.8) is 0 Å². The minimum atomic E-state index is 0.398. The van der Waals surface area contributed by atoms with E-state index in [2.05, 4.69) is 44.4 Å². The Labute approximate surface area is 116 Å². The predicted molar refractivity (Wildman–Crippen MR) is 78.0 cm³/mol. The molecule has 2 N–H and O–H groups in total. The second-order valence-electron chi connectivity index (χ2n) is 4.55. The van der Waals surface area contributed by atoms with E-state index in [9.17, 15) is 0 Å². The van der Waals surface area contributed by atoms with Crippen LogP contribution >= 0.6 is 22.6 Å². The van der Waals surface area contributed by atoms with Gasteiger partial charge in [0.15, 0.2) is 0 Å². The van der Waals surface area contributed by atoms with E-state index in [1.807, 2.05) is 6.20 Å². The molecule has 0 bridgehead atoms. The minimum absolute atomic E-state index is 0.398. The maximum Gasteiger partial charge on any atom is 0.145 e. The molecule has 0 aliphatic heterocycles. The van der Waals surface area contributed by atoms with Gasteiger partial charge in [-0.15, -0.1) is 0 Å². The lowest BCUT2D eigenvalue weighted by atomic mass is 9.91. The van der Waals surface area contributed by atoms with Crippen LogP contribution in [-0.4, -0.2) is 28.6 Å². The molecule has 0 spiro atoms. The van der Waals surface area contributed by atoms with Gasteiger partial charge in [-0.2, -0.15) is 0 Å². The maximum atomic E-state index is 5.96. The van der Waals surface area contributed by atoms with Crippen molar-refractivity contribution in [2.75, 3.05) is 11.4 Å². The van der Waals surface area contributed by atoms with Crippen LogP contribution in [0.2, 0.25) is 0 Å². The van der Waals surface area contributed by atoms with Gasteiger partial charge in [0.2, 0.25) is 0 Å². The van der Waals surface area contributed by atoms with E-state index in [4.69, 9.17) is 5.73 Å². The van der Waals surface area contributed by atoms with Gasteiger partial charge in [0, 0.05) is 24.8 Å². The Morgan fingerprint density at radius 1 is 1.41 bits per heavy atom. The Hall–Kier alpha value is -0.430. The quantitative estimate of drug-likeness (QED) is 0.853. The number of nitrogens with two attached hydrogens (primary N) is 1. The number of anilines is 1. The summed E-state index contributed by atoms with van der Waals surface area (Å²) in [5.74, 6) is 1.07. The smallest absolute Gasteiger partial charge is 0.145 e. The number of aromatic nitrogens is 2. The largest absolute Gasteiger partial charge is 0.353 e. The highest BCUT2D eigenvalue weighted by Crippen LogP contribution is 2.27. The topological polar surface area (TPSA) is 55.0 Å². The molecule has 0 unspecified atom stereocenters. The van der Waals surface area contributed by atoms with Crippen LogP contribution in [0.4, 0.5) is 5.82 Å². The monoisotopic (exact) mass is 346 g/mol. The zero-order valence-corrected chi connectivity index (χ0v) is 12.3. The summed E-state index contributed by atoms with van der Waals surface area (Å²) in [6.45, 7) is 3.18. The molecule has 0 amide bonds. The third-order valence-corrected chi connectivity index (χ3v) is 4.20. The van der Waals surface area contributed by atoms with Crippen LogP contribution in [0, 0.1) is 3.57 Å². The Balaban J connectivity index is 2.14. The Morgan fingerprint density at radius 2 is 2.12 bits per heavy atom. The molecular weight excluding hydrogens is 327 g/mol. The van der Waals surface area contributed by atoms with Crippen molar-refractivity contribution in [3.8, 4) is 0 Å². The average Bonchev–Trinajstić information content (AvgIpc) is 2.35. The molecule has 0 radical (unpaired) electrons. The Kier molecular flexibility index (Phi) is 4.55. The number of hydrogen-bond donors (Lipinski definition) is 1. The van der Waals surface area contributed by atoms with Crippen LogP contribution in [0.1, 0.15) is 32.6 Å². The summed E-state index contributed by atoms with van der Waals surface area (Å²) in [5, 5.41) is 0. The van der Waals surface area contributed by atoms with Crippen molar-refractivity contribution in [1.82, 2.24) is 9.97 Å². The van der Waals surface area contributed by atoms with Gasteiger partial charge in [-0.3, -0.25) is 0 Å². The summed E-state index contributed by atoms with van der Waals surface area (Å²) in [7, 11) is 0. The molecule has 0 aromatic carbocycles. The number of nitrogens with zero attached hydrogens (tertiary/aromatic N) is 3. The highest BCUT2D eigenvalue weighted by Gasteiger charge is 2.25. The van der Waals surface area contributed by atoms with Gasteiger partial charge in [-0.1, -0.05) is 0 Å². The summed E-state index contributed by atoms with van der Waals surface area (Å²) in [4.78, 5) is 10.9. The minimum Gasteiger partial charge on any atom is -0.353 e. The first-order valence-corrected chi connectivity index (χ1v) is 7.28. The number of hydrogen-bond acceptors (Lipinski definition) is 4. The second-order valence-corrected chi connectivity index (χ2v) is 5.71. The number of halogens is 1. The predicted octanol–water partition coefficient (Wildman–Crippen LogP) is 2.18. The summed E-state index contributed by atoms with van der Waals surface area (Å²) < 4.78 is 1.13. The Bertz CT molecular complexity index is 363. The number of rotatable bonds is 3. The first kappa shape index (κ1) is 13.0. The first-order valence-electron chi connectivity index (χ1n) is 6.20. The van der Waals surface area contributed by atoms with Gasteiger partial charge < -0.3 is 10.6 Å². The summed E-state index contributed by atoms with van der Waals surface area (Å²) in [6.07, 6.45) is 8.12. The van der Waals surface area contributed by atoms with Crippen LogP contribution in [0.3, 0.4) is 0 Å². The average molecular weight is 346 g/mol. The standard InChI is InChI=1S/C12H19IN4/c1-2-17(10-5-3-9(14)4-6-10)12-11(13)7-15-8-16-12/h7-10H,2-6,14H2,1H3.